The fourth-order valence-corrected chi connectivity index (χ4v) is 2.81. The third kappa shape index (κ3) is 3.83. The third-order valence-corrected chi connectivity index (χ3v) is 4.49. The zero-order valence-electron chi connectivity index (χ0n) is 12.6. The lowest BCUT2D eigenvalue weighted by Gasteiger charge is -2.34. The molecule has 0 N–H and O–H groups in total. The van der Waals surface area contributed by atoms with Crippen LogP contribution >= 0.6 is 23.2 Å². The molecular formula is C15H16Cl2N4O2. The summed E-state index contributed by atoms with van der Waals surface area (Å²) in [6, 6.07) is 4.95. The summed E-state index contributed by atoms with van der Waals surface area (Å²) in [7, 11) is 0. The van der Waals surface area contributed by atoms with Gasteiger partial charge in [-0.05, 0) is 18.2 Å². The number of carbonyl (C=O) groups is 1. The van der Waals surface area contributed by atoms with Crippen LogP contribution in [0.15, 0.2) is 22.6 Å². The van der Waals surface area contributed by atoms with Gasteiger partial charge in [0.15, 0.2) is 0 Å². The van der Waals surface area contributed by atoms with Crippen molar-refractivity contribution in [2.45, 2.75) is 13.5 Å². The Morgan fingerprint density at radius 3 is 2.52 bits per heavy atom. The van der Waals surface area contributed by atoms with Crippen molar-refractivity contribution in [1.82, 2.24) is 20.0 Å². The van der Waals surface area contributed by atoms with Gasteiger partial charge in [-0.3, -0.25) is 9.69 Å². The van der Waals surface area contributed by atoms with E-state index in [9.17, 15) is 4.79 Å². The Kier molecular flexibility index (Phi) is 4.84. The van der Waals surface area contributed by atoms with Crippen molar-refractivity contribution >= 4 is 29.1 Å². The number of nitrogens with zero attached hydrogens (tertiary/aromatic N) is 4. The van der Waals surface area contributed by atoms with Crippen LogP contribution in [0, 0.1) is 6.92 Å². The highest BCUT2D eigenvalue weighted by atomic mass is 35.5. The molecule has 0 bridgehead atoms. The van der Waals surface area contributed by atoms with E-state index in [2.05, 4.69) is 15.1 Å². The molecule has 1 saturated heterocycles. The number of piperazine rings is 1. The highest BCUT2D eigenvalue weighted by Crippen LogP contribution is 2.23. The smallest absolute Gasteiger partial charge is 0.253 e. The molecule has 1 fully saturated rings. The van der Waals surface area contributed by atoms with Gasteiger partial charge in [-0.15, -0.1) is 10.2 Å². The van der Waals surface area contributed by atoms with E-state index in [1.165, 1.54) is 0 Å². The Morgan fingerprint density at radius 1 is 1.17 bits per heavy atom. The average Bonchev–Trinajstić information content (AvgIpc) is 2.95. The second-order valence-corrected chi connectivity index (χ2v) is 6.23. The summed E-state index contributed by atoms with van der Waals surface area (Å²) >= 11 is 11.9. The number of halogens is 2. The second-order valence-electron chi connectivity index (χ2n) is 5.41. The van der Waals surface area contributed by atoms with Crippen molar-refractivity contribution in [3.05, 3.63) is 45.6 Å². The molecule has 3 rings (SSSR count). The summed E-state index contributed by atoms with van der Waals surface area (Å²) in [6.45, 7) is 5.18. The fourth-order valence-electron chi connectivity index (χ4n) is 2.51. The van der Waals surface area contributed by atoms with Crippen LogP contribution in [0.25, 0.3) is 0 Å². The van der Waals surface area contributed by atoms with Crippen LogP contribution in [0.4, 0.5) is 0 Å². The van der Waals surface area contributed by atoms with Crippen LogP contribution < -0.4 is 0 Å². The third-order valence-electron chi connectivity index (χ3n) is 3.75. The number of carbonyl (C=O) groups excluding carboxylic acids is 1. The van der Waals surface area contributed by atoms with Gasteiger partial charge in [0.25, 0.3) is 5.91 Å². The minimum atomic E-state index is -0.0307. The second kappa shape index (κ2) is 6.86. The van der Waals surface area contributed by atoms with E-state index in [-0.39, 0.29) is 5.91 Å². The number of aryl methyl sites for hydroxylation is 1. The maximum atomic E-state index is 12.5. The van der Waals surface area contributed by atoms with E-state index >= 15 is 0 Å². The van der Waals surface area contributed by atoms with Crippen molar-refractivity contribution in [2.75, 3.05) is 26.2 Å². The minimum absolute atomic E-state index is 0.0307. The largest absolute Gasteiger partial charge is 0.424 e. The predicted molar refractivity (Wildman–Crippen MR) is 86.7 cm³/mol. The van der Waals surface area contributed by atoms with Crippen molar-refractivity contribution in [3.63, 3.8) is 0 Å². The lowest BCUT2D eigenvalue weighted by Crippen LogP contribution is -2.48. The molecule has 0 atom stereocenters. The van der Waals surface area contributed by atoms with Crippen LogP contribution in [0.3, 0.4) is 0 Å². The Labute approximate surface area is 144 Å². The summed E-state index contributed by atoms with van der Waals surface area (Å²) in [5.41, 5.74) is 0.556. The van der Waals surface area contributed by atoms with Gasteiger partial charge in [-0.2, -0.15) is 0 Å². The van der Waals surface area contributed by atoms with E-state index in [0.717, 1.165) is 13.1 Å². The van der Waals surface area contributed by atoms with Gasteiger partial charge in [0, 0.05) is 38.7 Å². The first kappa shape index (κ1) is 16.2. The highest BCUT2D eigenvalue weighted by Gasteiger charge is 2.23. The molecule has 1 aliphatic rings. The van der Waals surface area contributed by atoms with Crippen molar-refractivity contribution in [2.24, 2.45) is 0 Å². The van der Waals surface area contributed by atoms with Gasteiger partial charge < -0.3 is 9.32 Å². The number of hydrogen-bond donors (Lipinski definition) is 0. The number of aromatic nitrogens is 2. The van der Waals surface area contributed by atoms with Gasteiger partial charge in [0.2, 0.25) is 11.8 Å². The fraction of sp³-hybridized carbons (Fsp3) is 0.400. The first-order valence-corrected chi connectivity index (χ1v) is 8.04. The quantitative estimate of drug-likeness (QED) is 0.847. The molecule has 0 radical (unpaired) electrons. The van der Waals surface area contributed by atoms with E-state index in [4.69, 9.17) is 27.6 Å². The van der Waals surface area contributed by atoms with Gasteiger partial charge in [-0.1, -0.05) is 23.2 Å². The Hall–Kier alpha value is -1.63. The summed E-state index contributed by atoms with van der Waals surface area (Å²) in [6.07, 6.45) is 0. The molecule has 1 aromatic heterocycles. The number of benzene rings is 1. The maximum absolute atomic E-state index is 12.5. The molecule has 1 amide bonds. The molecule has 0 spiro atoms. The zero-order valence-corrected chi connectivity index (χ0v) is 14.1. The maximum Gasteiger partial charge on any atom is 0.253 e. The molecule has 2 aromatic rings. The van der Waals surface area contributed by atoms with E-state index in [0.29, 0.717) is 47.0 Å². The van der Waals surface area contributed by atoms with Crippen LogP contribution in [0.2, 0.25) is 10.0 Å². The lowest BCUT2D eigenvalue weighted by molar-refractivity contribution is 0.0617. The Balaban J connectivity index is 1.57. The molecule has 0 saturated carbocycles. The lowest BCUT2D eigenvalue weighted by atomic mass is 10.2. The average molecular weight is 355 g/mol. The standard InChI is InChI=1S/C15H16Cl2N4O2/c1-10-18-19-14(23-10)9-20-4-6-21(7-5-20)15(22)11-2-3-12(16)13(17)8-11/h2-3,8H,4-7,9H2,1H3. The normalized spacial score (nSPS) is 15.9. The molecule has 6 nitrogen and oxygen atoms in total. The minimum Gasteiger partial charge on any atom is -0.424 e. The van der Waals surface area contributed by atoms with Crippen LogP contribution in [-0.4, -0.2) is 52.1 Å². The van der Waals surface area contributed by atoms with E-state index in [1.54, 1.807) is 25.1 Å². The molecule has 0 aliphatic carbocycles. The van der Waals surface area contributed by atoms with Crippen molar-refractivity contribution < 1.29 is 9.21 Å². The Morgan fingerprint density at radius 2 is 1.91 bits per heavy atom. The molecular weight excluding hydrogens is 339 g/mol. The summed E-state index contributed by atoms with van der Waals surface area (Å²) in [5, 5.41) is 8.65. The van der Waals surface area contributed by atoms with Gasteiger partial charge in [-0.25, -0.2) is 0 Å². The zero-order chi connectivity index (χ0) is 16.4. The summed E-state index contributed by atoms with van der Waals surface area (Å²) in [4.78, 5) is 16.5. The van der Waals surface area contributed by atoms with Gasteiger partial charge >= 0.3 is 0 Å². The molecule has 2 heterocycles. The van der Waals surface area contributed by atoms with Gasteiger partial charge in [0.05, 0.1) is 16.6 Å². The van der Waals surface area contributed by atoms with Crippen LogP contribution in [0.5, 0.6) is 0 Å². The van der Waals surface area contributed by atoms with Crippen molar-refractivity contribution in [3.8, 4) is 0 Å². The first-order valence-electron chi connectivity index (χ1n) is 7.28. The molecule has 1 aromatic carbocycles. The molecule has 8 heteroatoms. The highest BCUT2D eigenvalue weighted by molar-refractivity contribution is 6.42. The summed E-state index contributed by atoms with van der Waals surface area (Å²) < 4.78 is 5.38. The van der Waals surface area contributed by atoms with Crippen molar-refractivity contribution in [1.29, 1.82) is 0 Å². The number of rotatable bonds is 3. The van der Waals surface area contributed by atoms with Crippen LogP contribution in [-0.2, 0) is 6.54 Å². The van der Waals surface area contributed by atoms with E-state index < -0.39 is 0 Å². The monoisotopic (exact) mass is 354 g/mol. The van der Waals surface area contributed by atoms with E-state index in [1.807, 2.05) is 4.90 Å². The van der Waals surface area contributed by atoms with Gasteiger partial charge in [0.1, 0.15) is 0 Å². The molecule has 1 aliphatic heterocycles. The topological polar surface area (TPSA) is 62.5 Å². The van der Waals surface area contributed by atoms with Crippen LogP contribution in [0.1, 0.15) is 22.1 Å². The molecule has 23 heavy (non-hydrogen) atoms. The number of hydrogen-bond acceptors (Lipinski definition) is 5. The predicted octanol–water partition coefficient (Wildman–Crippen LogP) is 2.64. The Bertz CT molecular complexity index is 711. The molecule has 122 valence electrons. The summed E-state index contributed by atoms with van der Waals surface area (Å²) in [5.74, 6) is 1.14. The number of amides is 1. The first-order chi connectivity index (χ1) is 11.0. The SMILES string of the molecule is Cc1nnc(CN2CCN(C(=O)c3ccc(Cl)c(Cl)c3)CC2)o1. The molecule has 0 unspecified atom stereocenters.